The van der Waals surface area contributed by atoms with Gasteiger partial charge in [-0.3, -0.25) is 4.90 Å². The van der Waals surface area contributed by atoms with Gasteiger partial charge in [0.15, 0.2) is 0 Å². The molecule has 1 saturated heterocycles. The van der Waals surface area contributed by atoms with Crippen LogP contribution in [-0.2, 0) is 13.1 Å². The van der Waals surface area contributed by atoms with E-state index in [2.05, 4.69) is 48.8 Å². The van der Waals surface area contributed by atoms with E-state index in [1.54, 1.807) is 0 Å². The Labute approximate surface area is 121 Å². The molecule has 0 atom stereocenters. The first-order valence-corrected chi connectivity index (χ1v) is 8.08. The van der Waals surface area contributed by atoms with Crippen LogP contribution in [0.1, 0.15) is 37.4 Å². The maximum atomic E-state index is 5.94. The molecule has 0 aliphatic carbocycles. The number of nitrogens with one attached hydrogen (secondary N) is 1. The average Bonchev–Trinajstić information content (AvgIpc) is 2.57. The van der Waals surface area contributed by atoms with E-state index in [0.717, 1.165) is 31.2 Å². The van der Waals surface area contributed by atoms with Crippen LogP contribution in [0.5, 0.6) is 0 Å². The van der Waals surface area contributed by atoms with Crippen molar-refractivity contribution in [2.24, 2.45) is 0 Å². The van der Waals surface area contributed by atoms with Gasteiger partial charge in [0.05, 0.1) is 13.1 Å². The van der Waals surface area contributed by atoms with Crippen LogP contribution in [0, 0.1) is 6.92 Å². The smallest absolute Gasteiger partial charge is 0.120 e. The highest BCUT2D eigenvalue weighted by Gasteiger charge is 2.24. The Hall–Kier alpha value is -0.450. The van der Waals surface area contributed by atoms with Crippen LogP contribution in [0.4, 0.5) is 0 Å². The Morgan fingerprint density at radius 1 is 1.42 bits per heavy atom. The second-order valence-electron chi connectivity index (χ2n) is 5.98. The zero-order chi connectivity index (χ0) is 13.9. The van der Waals surface area contributed by atoms with E-state index in [0.29, 0.717) is 4.75 Å². The Balaban J connectivity index is 1.95. The number of furan rings is 1. The summed E-state index contributed by atoms with van der Waals surface area (Å²) in [7, 11) is 1.95. The first-order chi connectivity index (χ1) is 9.00. The van der Waals surface area contributed by atoms with Crippen LogP contribution >= 0.6 is 11.8 Å². The molecule has 1 fully saturated rings. The summed E-state index contributed by atoms with van der Waals surface area (Å²) in [5, 5.41) is 3.15. The van der Waals surface area contributed by atoms with Crippen molar-refractivity contribution in [2.75, 3.05) is 25.9 Å². The van der Waals surface area contributed by atoms with Crippen LogP contribution < -0.4 is 5.32 Å². The van der Waals surface area contributed by atoms with Crippen molar-refractivity contribution in [3.63, 3.8) is 0 Å². The predicted octanol–water partition coefficient (Wildman–Crippen LogP) is 3.02. The maximum absolute atomic E-state index is 5.94. The second kappa shape index (κ2) is 6.33. The van der Waals surface area contributed by atoms with Gasteiger partial charge in [0.2, 0.25) is 0 Å². The largest absolute Gasteiger partial charge is 0.463 e. The number of hydrogen-bond donors (Lipinski definition) is 1. The summed E-state index contributed by atoms with van der Waals surface area (Å²) in [6.45, 7) is 10.9. The molecular weight excluding hydrogens is 256 g/mol. The molecule has 19 heavy (non-hydrogen) atoms. The highest BCUT2D eigenvalue weighted by molar-refractivity contribution is 8.00. The molecule has 2 rings (SSSR count). The molecule has 3 nitrogen and oxygen atoms in total. The third-order valence-corrected chi connectivity index (χ3v) is 5.09. The Bertz CT molecular complexity index is 414. The monoisotopic (exact) mass is 282 g/mol. The molecule has 0 bridgehead atoms. The van der Waals surface area contributed by atoms with Gasteiger partial charge in [-0.1, -0.05) is 13.8 Å². The van der Waals surface area contributed by atoms with Gasteiger partial charge in [0.25, 0.3) is 0 Å². The van der Waals surface area contributed by atoms with Crippen molar-refractivity contribution in [1.29, 1.82) is 0 Å². The van der Waals surface area contributed by atoms with Crippen LogP contribution in [0.15, 0.2) is 10.5 Å². The topological polar surface area (TPSA) is 28.4 Å². The SMILES string of the molecule is CNCc1oc(CN2CCSC(C)(C)CC2)cc1C. The molecular formula is C15H26N2OS. The number of nitrogens with zero attached hydrogens (tertiary/aromatic N) is 1. The third kappa shape index (κ3) is 4.26. The summed E-state index contributed by atoms with van der Waals surface area (Å²) in [6, 6.07) is 2.19. The molecule has 4 heteroatoms. The van der Waals surface area contributed by atoms with Crippen molar-refractivity contribution in [2.45, 2.75) is 45.0 Å². The number of rotatable bonds is 4. The Kier molecular flexibility index (Phi) is 4.98. The molecule has 0 radical (unpaired) electrons. The molecule has 1 aliphatic rings. The minimum Gasteiger partial charge on any atom is -0.463 e. The predicted molar refractivity (Wildman–Crippen MR) is 82.6 cm³/mol. The lowest BCUT2D eigenvalue weighted by atomic mass is 10.1. The number of thioether (sulfide) groups is 1. The van der Waals surface area contributed by atoms with Crippen LogP contribution in [0.25, 0.3) is 0 Å². The molecule has 1 N–H and O–H groups in total. The molecule has 0 saturated carbocycles. The lowest BCUT2D eigenvalue weighted by Gasteiger charge is -2.22. The fraction of sp³-hybridized carbons (Fsp3) is 0.733. The van der Waals surface area contributed by atoms with Crippen LogP contribution in [0.2, 0.25) is 0 Å². The average molecular weight is 282 g/mol. The molecule has 0 unspecified atom stereocenters. The summed E-state index contributed by atoms with van der Waals surface area (Å²) in [6.07, 6.45) is 1.25. The zero-order valence-corrected chi connectivity index (χ0v) is 13.4. The molecule has 1 aromatic rings. The maximum Gasteiger partial charge on any atom is 0.120 e. The summed E-state index contributed by atoms with van der Waals surface area (Å²) < 4.78 is 6.36. The highest BCUT2D eigenvalue weighted by Crippen LogP contribution is 2.31. The van der Waals surface area contributed by atoms with Gasteiger partial charge in [0, 0.05) is 17.0 Å². The highest BCUT2D eigenvalue weighted by atomic mass is 32.2. The van der Waals surface area contributed by atoms with Crippen molar-refractivity contribution in [3.8, 4) is 0 Å². The van der Waals surface area contributed by atoms with E-state index in [4.69, 9.17) is 4.42 Å². The molecule has 1 aliphatic heterocycles. The van der Waals surface area contributed by atoms with E-state index in [9.17, 15) is 0 Å². The molecule has 2 heterocycles. The van der Waals surface area contributed by atoms with E-state index in [-0.39, 0.29) is 0 Å². The van der Waals surface area contributed by atoms with Crippen molar-refractivity contribution < 1.29 is 4.42 Å². The molecule has 1 aromatic heterocycles. The standard InChI is InChI=1S/C15H26N2OS/c1-12-9-13(18-14(12)10-16-4)11-17-6-5-15(2,3)19-8-7-17/h9,16H,5-8,10-11H2,1-4H3. The summed E-state index contributed by atoms with van der Waals surface area (Å²) in [5.41, 5.74) is 1.26. The Morgan fingerprint density at radius 3 is 2.95 bits per heavy atom. The molecule has 0 amide bonds. The minimum absolute atomic E-state index is 0.422. The van der Waals surface area contributed by atoms with Crippen molar-refractivity contribution >= 4 is 11.8 Å². The first-order valence-electron chi connectivity index (χ1n) is 7.09. The quantitative estimate of drug-likeness (QED) is 0.919. The fourth-order valence-corrected chi connectivity index (χ4v) is 3.58. The van der Waals surface area contributed by atoms with Gasteiger partial charge < -0.3 is 9.73 Å². The lowest BCUT2D eigenvalue weighted by molar-refractivity contribution is 0.250. The van der Waals surface area contributed by atoms with E-state index in [1.807, 2.05) is 7.05 Å². The minimum atomic E-state index is 0.422. The zero-order valence-electron chi connectivity index (χ0n) is 12.6. The first kappa shape index (κ1) is 14.9. The van der Waals surface area contributed by atoms with E-state index >= 15 is 0 Å². The van der Waals surface area contributed by atoms with Gasteiger partial charge >= 0.3 is 0 Å². The molecule has 108 valence electrons. The second-order valence-corrected chi connectivity index (χ2v) is 7.79. The van der Waals surface area contributed by atoms with E-state index < -0.39 is 0 Å². The van der Waals surface area contributed by atoms with Gasteiger partial charge in [-0.15, -0.1) is 0 Å². The third-order valence-electron chi connectivity index (χ3n) is 3.72. The summed E-state index contributed by atoms with van der Waals surface area (Å²) in [5.74, 6) is 3.39. The van der Waals surface area contributed by atoms with Gasteiger partial charge in [-0.25, -0.2) is 0 Å². The molecule has 0 spiro atoms. The summed E-state index contributed by atoms with van der Waals surface area (Å²) in [4.78, 5) is 2.52. The fourth-order valence-electron chi connectivity index (χ4n) is 2.45. The van der Waals surface area contributed by atoms with Gasteiger partial charge in [-0.2, -0.15) is 11.8 Å². The van der Waals surface area contributed by atoms with Gasteiger partial charge in [-0.05, 0) is 38.6 Å². The number of aryl methyl sites for hydroxylation is 1. The van der Waals surface area contributed by atoms with E-state index in [1.165, 1.54) is 24.3 Å². The molecule has 0 aromatic carbocycles. The van der Waals surface area contributed by atoms with Crippen molar-refractivity contribution in [3.05, 3.63) is 23.2 Å². The normalized spacial score (nSPS) is 20.4. The van der Waals surface area contributed by atoms with Gasteiger partial charge in [0.1, 0.15) is 11.5 Å². The number of hydrogen-bond acceptors (Lipinski definition) is 4. The summed E-state index contributed by atoms with van der Waals surface area (Å²) >= 11 is 2.09. The van der Waals surface area contributed by atoms with Crippen molar-refractivity contribution in [1.82, 2.24) is 10.2 Å². The van der Waals surface area contributed by atoms with Crippen LogP contribution in [-0.4, -0.2) is 35.5 Å². The van der Waals surface area contributed by atoms with Crippen LogP contribution in [0.3, 0.4) is 0 Å². The Morgan fingerprint density at radius 2 is 2.21 bits per heavy atom. The lowest BCUT2D eigenvalue weighted by Crippen LogP contribution is -2.26.